The van der Waals surface area contributed by atoms with Gasteiger partial charge in [0.15, 0.2) is 5.11 Å². The molecule has 4 rings (SSSR count). The lowest BCUT2D eigenvalue weighted by molar-refractivity contribution is -0.115. The summed E-state index contributed by atoms with van der Waals surface area (Å²) in [6.07, 6.45) is 1.72. The highest BCUT2D eigenvalue weighted by Gasteiger charge is 2.21. The van der Waals surface area contributed by atoms with Crippen molar-refractivity contribution >= 4 is 40.2 Å². The first kappa shape index (κ1) is 17.2. The van der Waals surface area contributed by atoms with Crippen molar-refractivity contribution in [2.24, 2.45) is 0 Å². The molecule has 1 fully saturated rings. The number of nitrogens with zero attached hydrogens (tertiary/aromatic N) is 3. The number of aryl methyl sites for hydroxylation is 2. The summed E-state index contributed by atoms with van der Waals surface area (Å²) >= 11 is 4.97. The Morgan fingerprint density at radius 3 is 2.52 bits per heavy atom. The monoisotopic (exact) mass is 379 g/mol. The summed E-state index contributed by atoms with van der Waals surface area (Å²) in [5, 5.41) is 6.21. The number of rotatable bonds is 2. The number of thiocarbonyl (C=S) groups is 1. The molecule has 136 valence electrons. The van der Waals surface area contributed by atoms with Gasteiger partial charge in [0.05, 0.1) is 10.9 Å². The summed E-state index contributed by atoms with van der Waals surface area (Å²) in [5.74, 6) is 0.308. The quantitative estimate of drug-likeness (QED) is 0.524. The van der Waals surface area contributed by atoms with Crippen molar-refractivity contribution in [3.8, 4) is 0 Å². The number of para-hydroxylation sites is 1. The van der Waals surface area contributed by atoms with Crippen molar-refractivity contribution in [2.75, 3.05) is 0 Å². The number of carbonyl (C=O) groups excluding carboxylic acids is 1. The van der Waals surface area contributed by atoms with Crippen LogP contribution < -0.4 is 16.2 Å². The molecule has 8 heteroatoms. The fourth-order valence-electron chi connectivity index (χ4n) is 3.34. The van der Waals surface area contributed by atoms with Gasteiger partial charge in [0.2, 0.25) is 0 Å². The lowest BCUT2D eigenvalue weighted by Crippen LogP contribution is -2.30. The Labute approximate surface area is 160 Å². The summed E-state index contributed by atoms with van der Waals surface area (Å²) in [6.45, 7) is 5.60. The van der Waals surface area contributed by atoms with Crippen LogP contribution in [0.3, 0.4) is 0 Å². The van der Waals surface area contributed by atoms with E-state index in [2.05, 4.69) is 15.6 Å². The highest BCUT2D eigenvalue weighted by Crippen LogP contribution is 2.19. The topological polar surface area (TPSA) is 80.9 Å². The molecule has 0 saturated carbocycles. The first-order valence-corrected chi connectivity index (χ1v) is 8.79. The number of hydrogen-bond donors (Lipinski definition) is 2. The summed E-state index contributed by atoms with van der Waals surface area (Å²) in [7, 11) is 0. The van der Waals surface area contributed by atoms with Crippen LogP contribution in [-0.4, -0.2) is 25.4 Å². The van der Waals surface area contributed by atoms with Crippen molar-refractivity contribution in [2.45, 2.75) is 20.8 Å². The Morgan fingerprint density at radius 2 is 1.81 bits per heavy atom. The second-order valence-corrected chi connectivity index (χ2v) is 6.81. The number of nitrogens with one attached hydrogen (secondary N) is 2. The zero-order valence-electron chi connectivity index (χ0n) is 15.0. The van der Waals surface area contributed by atoms with E-state index in [1.807, 2.05) is 42.8 Å². The second kappa shape index (κ2) is 6.17. The molecule has 0 atom stereocenters. The van der Waals surface area contributed by atoms with Crippen molar-refractivity contribution in [1.29, 1.82) is 0 Å². The molecule has 0 aliphatic carbocycles. The number of amides is 1. The van der Waals surface area contributed by atoms with Gasteiger partial charge >= 0.3 is 0 Å². The zero-order valence-corrected chi connectivity index (χ0v) is 15.8. The van der Waals surface area contributed by atoms with E-state index in [1.165, 1.54) is 0 Å². The lowest BCUT2D eigenvalue weighted by Gasteiger charge is -2.16. The van der Waals surface area contributed by atoms with Gasteiger partial charge in [0.1, 0.15) is 11.5 Å². The van der Waals surface area contributed by atoms with E-state index in [-0.39, 0.29) is 16.6 Å². The van der Waals surface area contributed by atoms with Gasteiger partial charge in [-0.2, -0.15) is 4.68 Å². The first-order chi connectivity index (χ1) is 12.9. The fraction of sp³-hybridized carbons (Fsp3) is 0.158. The van der Waals surface area contributed by atoms with Crippen LogP contribution in [0.25, 0.3) is 17.0 Å². The normalized spacial score (nSPS) is 15.4. The largest absolute Gasteiger partial charge is 0.328 e. The van der Waals surface area contributed by atoms with Crippen LogP contribution in [0.5, 0.6) is 0 Å². The van der Waals surface area contributed by atoms with Gasteiger partial charge in [-0.3, -0.25) is 19.6 Å². The third kappa shape index (κ3) is 2.74. The standard InChI is InChI=1S/C19H17N5O2S/c1-10-8-13(9-16-17(25)22-19(27)21-16)11(2)23(10)24-12(3)20-15-7-5-4-6-14(15)18(24)26/h4-9H,1-3H3,(H2,21,22,25,27). The van der Waals surface area contributed by atoms with Gasteiger partial charge in [0, 0.05) is 11.4 Å². The highest BCUT2D eigenvalue weighted by molar-refractivity contribution is 7.80. The van der Waals surface area contributed by atoms with E-state index in [0.29, 0.717) is 22.4 Å². The van der Waals surface area contributed by atoms with Crippen molar-refractivity contribution in [3.05, 3.63) is 69.2 Å². The van der Waals surface area contributed by atoms with Crippen LogP contribution in [0, 0.1) is 20.8 Å². The molecule has 3 heterocycles. The Morgan fingerprint density at radius 1 is 1.07 bits per heavy atom. The van der Waals surface area contributed by atoms with Crippen LogP contribution in [0.2, 0.25) is 0 Å². The van der Waals surface area contributed by atoms with Gasteiger partial charge in [-0.05, 0) is 62.8 Å². The summed E-state index contributed by atoms with van der Waals surface area (Å²) in [5.41, 5.74) is 3.38. The predicted octanol–water partition coefficient (Wildman–Crippen LogP) is 1.78. The Balaban J connectivity index is 1.92. The van der Waals surface area contributed by atoms with Crippen LogP contribution in [0.1, 0.15) is 22.8 Å². The molecule has 0 unspecified atom stereocenters. The first-order valence-electron chi connectivity index (χ1n) is 8.39. The molecule has 7 nitrogen and oxygen atoms in total. The molecule has 1 saturated heterocycles. The average Bonchev–Trinajstić information content (AvgIpc) is 3.07. The van der Waals surface area contributed by atoms with Gasteiger partial charge < -0.3 is 5.32 Å². The lowest BCUT2D eigenvalue weighted by atomic mass is 10.2. The highest BCUT2D eigenvalue weighted by atomic mass is 32.1. The maximum Gasteiger partial charge on any atom is 0.280 e. The van der Waals surface area contributed by atoms with Gasteiger partial charge in [-0.25, -0.2) is 4.98 Å². The molecule has 27 heavy (non-hydrogen) atoms. The number of carbonyl (C=O) groups is 1. The van der Waals surface area contributed by atoms with E-state index in [1.54, 1.807) is 23.7 Å². The van der Waals surface area contributed by atoms with Crippen LogP contribution in [0.15, 0.2) is 40.8 Å². The summed E-state index contributed by atoms with van der Waals surface area (Å²) < 4.78 is 3.37. The molecule has 0 bridgehead atoms. The molecule has 1 aliphatic heterocycles. The van der Waals surface area contributed by atoms with E-state index >= 15 is 0 Å². The van der Waals surface area contributed by atoms with Crippen molar-refractivity contribution in [3.63, 3.8) is 0 Å². The molecule has 1 amide bonds. The third-order valence-electron chi connectivity index (χ3n) is 4.57. The number of hydrogen-bond acceptors (Lipinski definition) is 4. The number of fused-ring (bicyclic) bond motifs is 1. The molecule has 2 aromatic heterocycles. The molecule has 1 aliphatic rings. The van der Waals surface area contributed by atoms with E-state index in [4.69, 9.17) is 12.2 Å². The minimum Gasteiger partial charge on any atom is -0.328 e. The zero-order chi connectivity index (χ0) is 19.3. The fourth-order valence-corrected chi connectivity index (χ4v) is 3.54. The maximum absolute atomic E-state index is 13.1. The van der Waals surface area contributed by atoms with Crippen LogP contribution in [0.4, 0.5) is 0 Å². The summed E-state index contributed by atoms with van der Waals surface area (Å²) in [4.78, 5) is 29.6. The molecule has 0 spiro atoms. The minimum atomic E-state index is -0.273. The number of aromatic nitrogens is 3. The molecule has 1 aromatic carbocycles. The minimum absolute atomic E-state index is 0.142. The Hall–Kier alpha value is -3.26. The van der Waals surface area contributed by atoms with E-state index in [0.717, 1.165) is 17.0 Å². The van der Waals surface area contributed by atoms with Gasteiger partial charge in [-0.1, -0.05) is 12.1 Å². The van der Waals surface area contributed by atoms with Crippen molar-refractivity contribution < 1.29 is 4.79 Å². The van der Waals surface area contributed by atoms with Crippen LogP contribution >= 0.6 is 12.2 Å². The number of benzene rings is 1. The summed E-state index contributed by atoms with van der Waals surface area (Å²) in [6, 6.07) is 9.19. The molecule has 3 aromatic rings. The maximum atomic E-state index is 13.1. The predicted molar refractivity (Wildman–Crippen MR) is 107 cm³/mol. The van der Waals surface area contributed by atoms with Gasteiger partial charge in [0.25, 0.3) is 11.5 Å². The average molecular weight is 379 g/mol. The van der Waals surface area contributed by atoms with Crippen molar-refractivity contribution in [1.82, 2.24) is 25.0 Å². The third-order valence-corrected chi connectivity index (χ3v) is 4.77. The Bertz CT molecular complexity index is 1220. The Kier molecular flexibility index (Phi) is 3.92. The SMILES string of the molecule is Cc1cc(C=C2NC(=S)NC2=O)c(C)n1-n1c(C)nc2ccccc2c1=O. The molecule has 0 radical (unpaired) electrons. The molecular formula is C19H17N5O2S. The van der Waals surface area contributed by atoms with E-state index in [9.17, 15) is 9.59 Å². The van der Waals surface area contributed by atoms with Crippen LogP contribution in [-0.2, 0) is 4.79 Å². The second-order valence-electron chi connectivity index (χ2n) is 6.40. The van der Waals surface area contributed by atoms with E-state index < -0.39 is 0 Å². The molecule has 2 N–H and O–H groups in total. The van der Waals surface area contributed by atoms with Gasteiger partial charge in [-0.15, -0.1) is 0 Å². The smallest absolute Gasteiger partial charge is 0.280 e. The molecular weight excluding hydrogens is 362 g/mol.